The van der Waals surface area contributed by atoms with Crippen LogP contribution in [0.4, 0.5) is 0 Å². The minimum absolute atomic E-state index is 0.00271. The number of carbonyl (C=O) groups is 4. The van der Waals surface area contributed by atoms with Gasteiger partial charge in [-0.2, -0.15) is 25.3 Å². The van der Waals surface area contributed by atoms with Crippen molar-refractivity contribution in [3.8, 4) is 0 Å². The van der Waals surface area contributed by atoms with Crippen molar-refractivity contribution < 1.29 is 38.9 Å². The number of rotatable bonds is 31. The third-order valence-electron chi connectivity index (χ3n) is 14.2. The van der Waals surface area contributed by atoms with Crippen molar-refractivity contribution in [1.29, 1.82) is 0 Å². The maximum atomic E-state index is 13.4. The third-order valence-corrected chi connectivity index (χ3v) is 18.4. The number of ether oxygens (including phenoxy) is 2. The number of aliphatic hydroxyl groups is 2. The van der Waals surface area contributed by atoms with Crippen molar-refractivity contribution in [2.24, 2.45) is 23.5 Å². The van der Waals surface area contributed by atoms with E-state index in [0.717, 1.165) is 70.8 Å². The third kappa shape index (κ3) is 21.7. The number of β-amino-alcohol motifs (C(OH)–C–C–N with tert-alkyl or cyclic N) is 1. The summed E-state index contributed by atoms with van der Waals surface area (Å²) in [6.45, 7) is 6.68. The lowest BCUT2D eigenvalue weighted by molar-refractivity contribution is -0.152. The van der Waals surface area contributed by atoms with E-state index in [2.05, 4.69) is 22.5 Å². The molecule has 2 amide bonds. The number of esters is 2. The smallest absolute Gasteiger partial charge is 0.307 e. The van der Waals surface area contributed by atoms with Crippen LogP contribution < -0.4 is 16.4 Å². The Morgan fingerprint density at radius 2 is 1.34 bits per heavy atom. The summed E-state index contributed by atoms with van der Waals surface area (Å²) >= 11 is 9.97. The molecule has 3 aliphatic heterocycles. The molecule has 376 valence electrons. The molecule has 0 aromatic carbocycles. The van der Waals surface area contributed by atoms with Gasteiger partial charge in [0.1, 0.15) is 0 Å². The molecule has 3 heterocycles. The van der Waals surface area contributed by atoms with Gasteiger partial charge in [-0.25, -0.2) is 0 Å². The molecule has 0 bridgehead atoms. The highest BCUT2D eigenvalue weighted by Gasteiger charge is 2.38. The fourth-order valence-electron chi connectivity index (χ4n) is 10.3. The SMILES string of the molecule is CC1CC(O)CN1C(=O)CCNC(CCCO)OC(=O)CCCCC(S)CCC(S)C1CCC(C2CC(C)N(C(=O)CCNC(CCCN)OC(=O)CCCCC3CCCSS3)C2)CC1. The van der Waals surface area contributed by atoms with Crippen LogP contribution in [-0.4, -0.2) is 135 Å². The molecule has 9 atom stereocenters. The average Bonchev–Trinajstić information content (AvgIpc) is 3.86. The van der Waals surface area contributed by atoms with Crippen LogP contribution in [0.1, 0.15) is 168 Å². The number of amides is 2. The standard InChI is InChI=1S/C48H87N5O8S4/c1-34-30-38(32-52(34)45(56)23-26-50-43(13-7-25-49)60-48(59)16-6-4-11-41-12-9-29-64-65-41)36-17-19-37(20-18-36)42(63)22-21-40(62)10-3-5-15-47(58)61-44(14-8-28-54)51-27-24-46(57)53-33-39(55)31-35(53)2/h34-44,50-51,54-55,62-63H,3-33,49H2,1-2H3. The predicted molar refractivity (Wildman–Crippen MR) is 271 cm³/mol. The zero-order valence-electron chi connectivity index (χ0n) is 39.8. The number of nitrogens with zero attached hydrogens (tertiary/aromatic N) is 2. The van der Waals surface area contributed by atoms with E-state index in [1.54, 1.807) is 4.90 Å². The molecule has 0 spiro atoms. The van der Waals surface area contributed by atoms with Gasteiger partial charge in [-0.05, 0) is 147 Å². The zero-order chi connectivity index (χ0) is 47.0. The summed E-state index contributed by atoms with van der Waals surface area (Å²) in [5, 5.41) is 27.0. The first-order valence-corrected chi connectivity index (χ1v) is 28.9. The maximum absolute atomic E-state index is 13.4. The summed E-state index contributed by atoms with van der Waals surface area (Å²) in [5.41, 5.74) is 5.78. The molecule has 17 heteroatoms. The lowest BCUT2D eigenvalue weighted by atomic mass is 9.73. The summed E-state index contributed by atoms with van der Waals surface area (Å²) in [6, 6.07) is 0.252. The lowest BCUT2D eigenvalue weighted by Crippen LogP contribution is -2.39. The van der Waals surface area contributed by atoms with E-state index in [9.17, 15) is 29.4 Å². The monoisotopic (exact) mass is 990 g/mol. The second kappa shape index (κ2) is 32.1. The number of nitrogens with two attached hydrogens (primary N) is 1. The van der Waals surface area contributed by atoms with Crippen LogP contribution in [0.25, 0.3) is 0 Å². The highest BCUT2D eigenvalue weighted by Crippen LogP contribution is 2.42. The number of hydrogen-bond acceptors (Lipinski definition) is 15. The van der Waals surface area contributed by atoms with Crippen molar-refractivity contribution >= 4 is 70.6 Å². The molecule has 0 radical (unpaired) electrons. The molecular formula is C48H87N5O8S4. The molecule has 9 unspecified atom stereocenters. The summed E-state index contributed by atoms with van der Waals surface area (Å²) in [5.74, 6) is 2.71. The molecule has 0 aromatic heterocycles. The van der Waals surface area contributed by atoms with Gasteiger partial charge in [0.2, 0.25) is 11.8 Å². The van der Waals surface area contributed by atoms with Gasteiger partial charge in [0.25, 0.3) is 0 Å². The van der Waals surface area contributed by atoms with Crippen LogP contribution in [0.2, 0.25) is 0 Å². The van der Waals surface area contributed by atoms with Gasteiger partial charge in [-0.15, -0.1) is 0 Å². The van der Waals surface area contributed by atoms with Gasteiger partial charge in [-0.3, -0.25) is 29.8 Å². The Balaban J connectivity index is 1.04. The van der Waals surface area contributed by atoms with E-state index in [0.29, 0.717) is 99.4 Å². The van der Waals surface area contributed by atoms with Gasteiger partial charge in [0.15, 0.2) is 12.5 Å². The molecule has 1 aliphatic carbocycles. The van der Waals surface area contributed by atoms with Crippen LogP contribution in [0.15, 0.2) is 0 Å². The molecule has 6 N–H and O–H groups in total. The van der Waals surface area contributed by atoms with Gasteiger partial charge < -0.3 is 35.2 Å². The Kier molecular flexibility index (Phi) is 27.9. The second-order valence-corrected chi connectivity index (χ2v) is 23.7. The molecule has 1 saturated carbocycles. The van der Waals surface area contributed by atoms with E-state index < -0.39 is 18.6 Å². The second-order valence-electron chi connectivity index (χ2n) is 19.5. The largest absolute Gasteiger partial charge is 0.447 e. The molecule has 13 nitrogen and oxygen atoms in total. The molecule has 65 heavy (non-hydrogen) atoms. The van der Waals surface area contributed by atoms with Crippen molar-refractivity contribution in [3.05, 3.63) is 0 Å². The number of thiol groups is 2. The lowest BCUT2D eigenvalue weighted by Gasteiger charge is -2.35. The number of aliphatic hydroxyl groups excluding tert-OH is 2. The summed E-state index contributed by atoms with van der Waals surface area (Å²) in [7, 11) is 3.98. The Morgan fingerprint density at radius 1 is 0.723 bits per heavy atom. The predicted octanol–water partition coefficient (Wildman–Crippen LogP) is 7.26. The van der Waals surface area contributed by atoms with Crippen LogP contribution in [0.3, 0.4) is 0 Å². The number of likely N-dealkylation sites (tertiary alicyclic amines) is 2. The topological polar surface area (TPSA) is 184 Å². The van der Waals surface area contributed by atoms with Crippen LogP contribution in [0, 0.1) is 17.8 Å². The minimum Gasteiger partial charge on any atom is -0.447 e. The summed E-state index contributed by atoms with van der Waals surface area (Å²) < 4.78 is 11.5. The number of nitrogens with one attached hydrogen (secondary N) is 2. The Bertz CT molecular complexity index is 1380. The van der Waals surface area contributed by atoms with Gasteiger partial charge in [-0.1, -0.05) is 34.4 Å². The van der Waals surface area contributed by atoms with E-state index in [-0.39, 0.29) is 54.1 Å². The molecule has 4 fully saturated rings. The summed E-state index contributed by atoms with van der Waals surface area (Å²) in [6.07, 6.45) is 18.9. The van der Waals surface area contributed by atoms with Crippen molar-refractivity contribution in [3.63, 3.8) is 0 Å². The quantitative estimate of drug-likeness (QED) is 0.0121. The van der Waals surface area contributed by atoms with Gasteiger partial charge >= 0.3 is 11.9 Å². The van der Waals surface area contributed by atoms with E-state index in [1.165, 1.54) is 44.3 Å². The first-order valence-electron chi connectivity index (χ1n) is 25.4. The minimum atomic E-state index is -0.553. The van der Waals surface area contributed by atoms with Gasteiger partial charge in [0, 0.05) is 98.5 Å². The average molecular weight is 991 g/mol. The highest BCUT2D eigenvalue weighted by atomic mass is 33.1. The molecule has 4 rings (SSSR count). The molecular weight excluding hydrogens is 903 g/mol. The fourth-order valence-corrected chi connectivity index (χ4v) is 14.0. The fraction of sp³-hybridized carbons (Fsp3) is 0.917. The van der Waals surface area contributed by atoms with Crippen molar-refractivity contribution in [1.82, 2.24) is 20.4 Å². The zero-order valence-corrected chi connectivity index (χ0v) is 43.2. The Labute approximate surface area is 410 Å². The normalized spacial score (nSPS) is 26.7. The van der Waals surface area contributed by atoms with Crippen LogP contribution in [-0.2, 0) is 28.7 Å². The Hall–Kier alpha value is -0.920. The van der Waals surface area contributed by atoms with Gasteiger partial charge in [0.05, 0.1) is 6.10 Å². The van der Waals surface area contributed by atoms with Crippen molar-refractivity contribution in [2.75, 3.05) is 45.1 Å². The Morgan fingerprint density at radius 3 is 1.92 bits per heavy atom. The molecule has 4 aliphatic rings. The number of unbranched alkanes of at least 4 members (excludes halogenated alkanes) is 2. The van der Waals surface area contributed by atoms with E-state index >= 15 is 0 Å². The molecule has 0 aromatic rings. The molecule has 3 saturated heterocycles. The first-order chi connectivity index (χ1) is 31.4. The van der Waals surface area contributed by atoms with Crippen LogP contribution >= 0.6 is 46.8 Å². The first kappa shape index (κ1) is 56.7. The maximum Gasteiger partial charge on any atom is 0.307 e. The highest BCUT2D eigenvalue weighted by molar-refractivity contribution is 8.77. The van der Waals surface area contributed by atoms with Crippen molar-refractivity contribution in [2.45, 2.75) is 214 Å². The van der Waals surface area contributed by atoms with Crippen LogP contribution in [0.5, 0.6) is 0 Å². The summed E-state index contributed by atoms with van der Waals surface area (Å²) in [4.78, 5) is 55.2. The number of carbonyl (C=O) groups excluding carboxylic acids is 4. The number of hydrogen-bond donors (Lipinski definition) is 7. The van der Waals surface area contributed by atoms with E-state index in [1.807, 2.05) is 28.5 Å². The van der Waals surface area contributed by atoms with E-state index in [4.69, 9.17) is 40.5 Å².